The average Bonchev–Trinajstić information content (AvgIpc) is 3.04. The third-order valence-electron chi connectivity index (χ3n) is 5.29. The van der Waals surface area contributed by atoms with Gasteiger partial charge in [-0.05, 0) is 31.1 Å². The van der Waals surface area contributed by atoms with E-state index >= 15 is 0 Å². The minimum absolute atomic E-state index is 0.102. The van der Waals surface area contributed by atoms with Gasteiger partial charge in [-0.1, -0.05) is 69.1 Å². The molecule has 0 saturated carbocycles. The van der Waals surface area contributed by atoms with E-state index in [1.54, 1.807) is 23.2 Å². The van der Waals surface area contributed by atoms with Gasteiger partial charge < -0.3 is 10.4 Å². The first-order valence-electron chi connectivity index (χ1n) is 11.1. The van der Waals surface area contributed by atoms with Gasteiger partial charge in [0.15, 0.2) is 0 Å². The molecule has 0 unspecified atom stereocenters. The highest BCUT2D eigenvalue weighted by molar-refractivity contribution is 8.26. The van der Waals surface area contributed by atoms with Crippen molar-refractivity contribution >= 4 is 51.7 Å². The molecule has 1 aliphatic heterocycles. The molecular weight excluding hydrogens is 444 g/mol. The minimum atomic E-state index is -0.277. The van der Waals surface area contributed by atoms with Gasteiger partial charge in [-0.25, -0.2) is 4.98 Å². The molecule has 0 atom stereocenters. The molecule has 1 amide bonds. The Balaban J connectivity index is 1.85. The summed E-state index contributed by atoms with van der Waals surface area (Å²) < 4.78 is 1.99. The van der Waals surface area contributed by atoms with Gasteiger partial charge in [-0.3, -0.25) is 18.9 Å². The highest BCUT2D eigenvalue weighted by Gasteiger charge is 2.32. The van der Waals surface area contributed by atoms with Gasteiger partial charge in [0.2, 0.25) is 0 Å². The minimum Gasteiger partial charge on any atom is -0.395 e. The van der Waals surface area contributed by atoms with Gasteiger partial charge in [0.1, 0.15) is 15.8 Å². The summed E-state index contributed by atoms with van der Waals surface area (Å²) >= 11 is 6.65. The smallest absolute Gasteiger partial charge is 0.267 e. The summed E-state index contributed by atoms with van der Waals surface area (Å²) in [5.74, 6) is 0.171. The van der Waals surface area contributed by atoms with Gasteiger partial charge in [-0.2, -0.15) is 0 Å². The van der Waals surface area contributed by atoms with Crippen LogP contribution in [0.4, 0.5) is 5.82 Å². The summed E-state index contributed by atoms with van der Waals surface area (Å²) in [5.41, 5.74) is 1.42. The van der Waals surface area contributed by atoms with E-state index in [9.17, 15) is 14.7 Å². The molecule has 0 aromatic carbocycles. The summed E-state index contributed by atoms with van der Waals surface area (Å²) in [6.07, 6.45) is 10.1. The van der Waals surface area contributed by atoms with Crippen molar-refractivity contribution in [3.8, 4) is 0 Å². The molecule has 172 valence electrons. The number of unbranched alkanes of at least 4 members (excludes halogenated alkanes) is 5. The Morgan fingerprint density at radius 3 is 2.69 bits per heavy atom. The number of carbonyl (C=O) groups is 1. The van der Waals surface area contributed by atoms with Crippen LogP contribution in [0.5, 0.6) is 0 Å². The number of thiocarbonyl (C=S) groups is 1. The van der Waals surface area contributed by atoms with Gasteiger partial charge in [0.05, 0.1) is 17.1 Å². The van der Waals surface area contributed by atoms with Crippen molar-refractivity contribution in [2.45, 2.75) is 52.4 Å². The molecule has 3 rings (SSSR count). The van der Waals surface area contributed by atoms with E-state index < -0.39 is 0 Å². The lowest BCUT2D eigenvalue weighted by molar-refractivity contribution is -0.122. The number of aromatic nitrogens is 2. The molecule has 1 fully saturated rings. The van der Waals surface area contributed by atoms with Crippen LogP contribution < -0.4 is 10.9 Å². The standard InChI is InChI=1S/C23H30N4O3S2/c1-3-4-5-6-7-8-12-26-22(30)18(32-23(26)31)14-17-20(24-11-13-28)25-19-10-9-16(2)15-27(19)21(17)29/h9-10,14-15,24,28H,3-8,11-13H2,1-2H3/b18-14+. The lowest BCUT2D eigenvalue weighted by atomic mass is 10.1. The van der Waals surface area contributed by atoms with Crippen molar-refractivity contribution in [1.29, 1.82) is 0 Å². The number of amides is 1. The SMILES string of the molecule is CCCCCCCCN1C(=O)/C(=C\c2c(NCCO)nc3ccc(C)cn3c2=O)SC1=S. The maximum Gasteiger partial charge on any atom is 0.267 e. The number of nitrogens with zero attached hydrogens (tertiary/aromatic N) is 3. The van der Waals surface area contributed by atoms with Gasteiger partial charge in [0.25, 0.3) is 11.5 Å². The number of rotatable bonds is 11. The Morgan fingerprint density at radius 2 is 1.94 bits per heavy atom. The molecule has 3 heterocycles. The summed E-state index contributed by atoms with van der Waals surface area (Å²) in [4.78, 5) is 32.8. The second-order valence-electron chi connectivity index (χ2n) is 7.87. The molecule has 2 aromatic heterocycles. The van der Waals surface area contributed by atoms with E-state index in [0.29, 0.717) is 27.2 Å². The molecule has 9 heteroatoms. The monoisotopic (exact) mass is 474 g/mol. The van der Waals surface area contributed by atoms with E-state index in [1.807, 2.05) is 13.0 Å². The summed E-state index contributed by atoms with van der Waals surface area (Å²) in [5, 5.41) is 12.2. The van der Waals surface area contributed by atoms with E-state index in [0.717, 1.165) is 24.8 Å². The third-order valence-corrected chi connectivity index (χ3v) is 6.67. The second-order valence-corrected chi connectivity index (χ2v) is 9.54. The molecule has 32 heavy (non-hydrogen) atoms. The van der Waals surface area contributed by atoms with E-state index in [4.69, 9.17) is 12.2 Å². The maximum absolute atomic E-state index is 13.2. The van der Waals surface area contributed by atoms with Crippen LogP contribution in [-0.2, 0) is 4.79 Å². The second kappa shape index (κ2) is 11.6. The van der Waals surface area contributed by atoms with Crippen molar-refractivity contribution in [2.24, 2.45) is 0 Å². The fourth-order valence-electron chi connectivity index (χ4n) is 3.57. The fraction of sp³-hybridized carbons (Fsp3) is 0.478. The Labute approximate surface area is 197 Å². The fourth-order valence-corrected chi connectivity index (χ4v) is 4.86. The van der Waals surface area contributed by atoms with Gasteiger partial charge in [0, 0.05) is 19.3 Å². The predicted molar refractivity (Wildman–Crippen MR) is 135 cm³/mol. The number of hydrogen-bond donors (Lipinski definition) is 2. The van der Waals surface area contributed by atoms with Crippen LogP contribution in [0.3, 0.4) is 0 Å². The first-order chi connectivity index (χ1) is 15.5. The molecule has 1 saturated heterocycles. The summed E-state index contributed by atoms with van der Waals surface area (Å²) in [7, 11) is 0. The third kappa shape index (κ3) is 5.76. The van der Waals surface area contributed by atoms with Crippen LogP contribution in [0.1, 0.15) is 56.6 Å². The van der Waals surface area contributed by atoms with Crippen molar-refractivity contribution in [3.05, 3.63) is 44.7 Å². The van der Waals surface area contributed by atoms with Crippen molar-refractivity contribution in [1.82, 2.24) is 14.3 Å². The lowest BCUT2D eigenvalue weighted by Gasteiger charge is -2.14. The van der Waals surface area contributed by atoms with Crippen LogP contribution in [-0.4, -0.2) is 49.3 Å². The average molecular weight is 475 g/mol. The molecule has 1 aliphatic rings. The van der Waals surface area contributed by atoms with Crippen LogP contribution in [0.15, 0.2) is 28.0 Å². The molecule has 0 spiro atoms. The first kappa shape index (κ1) is 24.4. The Kier molecular flexibility index (Phi) is 8.84. The number of aliphatic hydroxyl groups excluding tert-OH is 1. The Morgan fingerprint density at radius 1 is 1.19 bits per heavy atom. The number of pyridine rings is 1. The highest BCUT2D eigenvalue weighted by Crippen LogP contribution is 2.33. The van der Waals surface area contributed by atoms with Crippen molar-refractivity contribution in [2.75, 3.05) is 25.0 Å². The number of thioether (sulfide) groups is 1. The normalized spacial score (nSPS) is 15.3. The largest absolute Gasteiger partial charge is 0.395 e. The van der Waals surface area contributed by atoms with Crippen molar-refractivity contribution in [3.63, 3.8) is 0 Å². The number of aliphatic hydroxyl groups is 1. The van der Waals surface area contributed by atoms with Crippen LogP contribution >= 0.6 is 24.0 Å². The highest BCUT2D eigenvalue weighted by atomic mass is 32.2. The van der Waals surface area contributed by atoms with Crippen LogP contribution in [0.2, 0.25) is 0 Å². The summed E-state index contributed by atoms with van der Waals surface area (Å²) in [6.45, 7) is 4.83. The zero-order chi connectivity index (χ0) is 23.1. The lowest BCUT2D eigenvalue weighted by Crippen LogP contribution is -2.29. The molecule has 2 aromatic rings. The molecular formula is C23H30N4O3S2. The maximum atomic E-state index is 13.2. The van der Waals surface area contributed by atoms with Crippen LogP contribution in [0, 0.1) is 6.92 Å². The number of carbonyl (C=O) groups excluding carboxylic acids is 1. The molecule has 0 aliphatic carbocycles. The molecule has 0 bridgehead atoms. The van der Waals surface area contributed by atoms with Gasteiger partial charge >= 0.3 is 0 Å². The number of fused-ring (bicyclic) bond motifs is 1. The number of hydrogen-bond acceptors (Lipinski definition) is 7. The van der Waals surface area contributed by atoms with E-state index in [2.05, 4.69) is 17.2 Å². The van der Waals surface area contributed by atoms with E-state index in [-0.39, 0.29) is 30.2 Å². The molecule has 0 radical (unpaired) electrons. The molecule has 2 N–H and O–H groups in total. The predicted octanol–water partition coefficient (Wildman–Crippen LogP) is 3.97. The topological polar surface area (TPSA) is 86.9 Å². The number of nitrogens with one attached hydrogen (secondary N) is 1. The van der Waals surface area contributed by atoms with Gasteiger partial charge in [-0.15, -0.1) is 0 Å². The quantitative estimate of drug-likeness (QED) is 0.289. The first-order valence-corrected chi connectivity index (χ1v) is 12.3. The van der Waals surface area contributed by atoms with Crippen LogP contribution in [0.25, 0.3) is 11.7 Å². The molecule has 7 nitrogen and oxygen atoms in total. The summed E-state index contributed by atoms with van der Waals surface area (Å²) in [6, 6.07) is 3.65. The van der Waals surface area contributed by atoms with E-state index in [1.165, 1.54) is 35.4 Å². The van der Waals surface area contributed by atoms with Crippen molar-refractivity contribution < 1.29 is 9.90 Å². The Bertz CT molecular complexity index is 1080. The zero-order valence-electron chi connectivity index (χ0n) is 18.6. The number of aryl methyl sites for hydroxylation is 1. The number of anilines is 1. The Hall–Kier alpha value is -2.23. The zero-order valence-corrected chi connectivity index (χ0v) is 20.2.